The molecule has 90 valence electrons. The lowest BCUT2D eigenvalue weighted by Crippen LogP contribution is -1.92. The number of rotatable bonds is 3. The van der Waals surface area contributed by atoms with E-state index in [0.29, 0.717) is 5.56 Å². The first kappa shape index (κ1) is 12.4. The van der Waals surface area contributed by atoms with E-state index in [-0.39, 0.29) is 0 Å². The van der Waals surface area contributed by atoms with Crippen LogP contribution in [0.25, 0.3) is 11.1 Å². The minimum atomic E-state index is 0.712. The van der Waals surface area contributed by atoms with Crippen molar-refractivity contribution in [1.29, 1.82) is 5.26 Å². The molecule has 1 heteroatoms. The average molecular weight is 235 g/mol. The molecule has 0 heterocycles. The fourth-order valence-corrected chi connectivity index (χ4v) is 2.33. The largest absolute Gasteiger partial charge is 0.192 e. The molecular weight excluding hydrogens is 218 g/mol. The highest BCUT2D eigenvalue weighted by molar-refractivity contribution is 5.71. The van der Waals surface area contributed by atoms with Gasteiger partial charge in [-0.2, -0.15) is 5.26 Å². The van der Waals surface area contributed by atoms with Gasteiger partial charge in [0, 0.05) is 0 Å². The summed E-state index contributed by atoms with van der Waals surface area (Å²) in [7, 11) is 0. The van der Waals surface area contributed by atoms with Crippen LogP contribution in [-0.4, -0.2) is 0 Å². The maximum Gasteiger partial charge on any atom is 0.0991 e. The van der Waals surface area contributed by atoms with Crippen molar-refractivity contribution in [1.82, 2.24) is 0 Å². The zero-order valence-electron chi connectivity index (χ0n) is 10.9. The van der Waals surface area contributed by atoms with Crippen LogP contribution in [-0.2, 0) is 6.42 Å². The summed E-state index contributed by atoms with van der Waals surface area (Å²) in [5.74, 6) is 0. The predicted octanol–water partition coefficient (Wildman–Crippen LogP) is 4.49. The maximum atomic E-state index is 8.84. The van der Waals surface area contributed by atoms with Gasteiger partial charge in [0.2, 0.25) is 0 Å². The molecule has 0 bridgehead atoms. The third kappa shape index (κ3) is 2.43. The summed E-state index contributed by atoms with van der Waals surface area (Å²) < 4.78 is 0. The van der Waals surface area contributed by atoms with Crippen molar-refractivity contribution in [2.75, 3.05) is 0 Å². The summed E-state index contributed by atoms with van der Waals surface area (Å²) >= 11 is 0. The highest BCUT2D eigenvalue weighted by Gasteiger charge is 2.07. The highest BCUT2D eigenvalue weighted by Crippen LogP contribution is 2.28. The molecular formula is C17H17N. The molecule has 0 unspecified atom stereocenters. The standard InChI is InChI=1S/C17H17N/c1-3-5-15-7-4-6-13(2)17(15)16-10-8-14(12-18)9-11-16/h4,6-11H,3,5H2,1-2H3. The summed E-state index contributed by atoms with van der Waals surface area (Å²) in [6.45, 7) is 4.34. The molecule has 0 saturated heterocycles. The third-order valence-corrected chi connectivity index (χ3v) is 3.18. The Bertz CT molecular complexity index is 574. The Labute approximate surface area is 109 Å². The number of benzene rings is 2. The number of aryl methyl sites for hydroxylation is 2. The van der Waals surface area contributed by atoms with Gasteiger partial charge in [-0.05, 0) is 47.7 Å². The lowest BCUT2D eigenvalue weighted by molar-refractivity contribution is 0.922. The molecule has 0 atom stereocenters. The molecule has 18 heavy (non-hydrogen) atoms. The van der Waals surface area contributed by atoms with Gasteiger partial charge in [0.15, 0.2) is 0 Å². The van der Waals surface area contributed by atoms with Crippen LogP contribution in [0.2, 0.25) is 0 Å². The van der Waals surface area contributed by atoms with E-state index in [1.807, 2.05) is 24.3 Å². The highest BCUT2D eigenvalue weighted by atomic mass is 14.2. The van der Waals surface area contributed by atoms with E-state index in [4.69, 9.17) is 5.26 Å². The molecule has 0 aromatic heterocycles. The Morgan fingerprint density at radius 2 is 1.78 bits per heavy atom. The van der Waals surface area contributed by atoms with Crippen molar-refractivity contribution in [3.05, 3.63) is 59.2 Å². The van der Waals surface area contributed by atoms with Gasteiger partial charge in [-0.15, -0.1) is 0 Å². The minimum absolute atomic E-state index is 0.712. The minimum Gasteiger partial charge on any atom is -0.192 e. The van der Waals surface area contributed by atoms with E-state index in [1.165, 1.54) is 22.3 Å². The molecule has 0 spiro atoms. The van der Waals surface area contributed by atoms with E-state index < -0.39 is 0 Å². The molecule has 0 fully saturated rings. The zero-order chi connectivity index (χ0) is 13.0. The van der Waals surface area contributed by atoms with Crippen LogP contribution in [0.4, 0.5) is 0 Å². The van der Waals surface area contributed by atoms with Gasteiger partial charge in [-0.1, -0.05) is 43.7 Å². The number of nitriles is 1. The van der Waals surface area contributed by atoms with Gasteiger partial charge in [0.25, 0.3) is 0 Å². The van der Waals surface area contributed by atoms with Crippen LogP contribution in [0.1, 0.15) is 30.0 Å². The Morgan fingerprint density at radius 3 is 2.39 bits per heavy atom. The first-order valence-electron chi connectivity index (χ1n) is 6.35. The smallest absolute Gasteiger partial charge is 0.0991 e. The second-order valence-electron chi connectivity index (χ2n) is 4.55. The van der Waals surface area contributed by atoms with Gasteiger partial charge in [-0.25, -0.2) is 0 Å². The molecule has 2 rings (SSSR count). The molecule has 2 aromatic carbocycles. The SMILES string of the molecule is CCCc1cccc(C)c1-c1ccc(C#N)cc1. The monoisotopic (exact) mass is 235 g/mol. The van der Waals surface area contributed by atoms with E-state index in [0.717, 1.165) is 12.8 Å². The Balaban J connectivity index is 2.51. The second kappa shape index (κ2) is 5.51. The van der Waals surface area contributed by atoms with E-state index in [1.54, 1.807) is 0 Å². The Hall–Kier alpha value is -2.07. The van der Waals surface area contributed by atoms with E-state index in [2.05, 4.69) is 38.1 Å². The molecule has 0 N–H and O–H groups in total. The van der Waals surface area contributed by atoms with Crippen LogP contribution < -0.4 is 0 Å². The quantitative estimate of drug-likeness (QED) is 0.769. The molecule has 0 amide bonds. The molecule has 1 nitrogen and oxygen atoms in total. The summed E-state index contributed by atoms with van der Waals surface area (Å²) in [5.41, 5.74) is 5.93. The lowest BCUT2D eigenvalue weighted by Gasteiger charge is -2.12. The summed E-state index contributed by atoms with van der Waals surface area (Å²) in [6, 6.07) is 16.5. The van der Waals surface area contributed by atoms with Crippen LogP contribution in [0.5, 0.6) is 0 Å². The first-order chi connectivity index (χ1) is 8.76. The average Bonchev–Trinajstić information content (AvgIpc) is 2.40. The van der Waals surface area contributed by atoms with Crippen molar-refractivity contribution < 1.29 is 0 Å². The lowest BCUT2D eigenvalue weighted by atomic mass is 9.92. The Morgan fingerprint density at radius 1 is 1.06 bits per heavy atom. The van der Waals surface area contributed by atoms with Crippen molar-refractivity contribution in [2.24, 2.45) is 0 Å². The maximum absolute atomic E-state index is 8.84. The van der Waals surface area contributed by atoms with Crippen molar-refractivity contribution in [2.45, 2.75) is 26.7 Å². The van der Waals surface area contributed by atoms with E-state index in [9.17, 15) is 0 Å². The van der Waals surface area contributed by atoms with Crippen LogP contribution in [0.15, 0.2) is 42.5 Å². The fraction of sp³-hybridized carbons (Fsp3) is 0.235. The first-order valence-corrected chi connectivity index (χ1v) is 6.35. The van der Waals surface area contributed by atoms with Crippen molar-refractivity contribution in [3.8, 4) is 17.2 Å². The number of hydrogen-bond acceptors (Lipinski definition) is 1. The van der Waals surface area contributed by atoms with Crippen molar-refractivity contribution in [3.63, 3.8) is 0 Å². The zero-order valence-corrected chi connectivity index (χ0v) is 10.9. The number of nitrogens with zero attached hydrogens (tertiary/aromatic N) is 1. The Kier molecular flexibility index (Phi) is 3.79. The van der Waals surface area contributed by atoms with Gasteiger partial charge < -0.3 is 0 Å². The normalized spacial score (nSPS) is 10.1. The second-order valence-corrected chi connectivity index (χ2v) is 4.55. The molecule has 0 aliphatic rings. The van der Waals surface area contributed by atoms with Gasteiger partial charge >= 0.3 is 0 Å². The predicted molar refractivity (Wildman–Crippen MR) is 75.3 cm³/mol. The molecule has 0 aliphatic heterocycles. The van der Waals surface area contributed by atoms with E-state index >= 15 is 0 Å². The topological polar surface area (TPSA) is 23.8 Å². The van der Waals surface area contributed by atoms with Gasteiger partial charge in [-0.3, -0.25) is 0 Å². The molecule has 0 saturated carbocycles. The molecule has 0 aliphatic carbocycles. The van der Waals surface area contributed by atoms with Crippen LogP contribution in [0.3, 0.4) is 0 Å². The summed E-state index contributed by atoms with van der Waals surface area (Å²) in [6.07, 6.45) is 2.24. The molecule has 2 aromatic rings. The van der Waals surface area contributed by atoms with Crippen LogP contribution >= 0.6 is 0 Å². The van der Waals surface area contributed by atoms with Crippen molar-refractivity contribution >= 4 is 0 Å². The van der Waals surface area contributed by atoms with Crippen LogP contribution in [0, 0.1) is 18.3 Å². The summed E-state index contributed by atoms with van der Waals surface area (Å²) in [5, 5.41) is 8.84. The molecule has 0 radical (unpaired) electrons. The number of hydrogen-bond donors (Lipinski definition) is 0. The third-order valence-electron chi connectivity index (χ3n) is 3.18. The fourth-order valence-electron chi connectivity index (χ4n) is 2.33. The summed E-state index contributed by atoms with van der Waals surface area (Å²) in [4.78, 5) is 0. The van der Waals surface area contributed by atoms with Gasteiger partial charge in [0.1, 0.15) is 0 Å². The van der Waals surface area contributed by atoms with Gasteiger partial charge in [0.05, 0.1) is 11.6 Å².